The molecule has 0 aromatic rings. The van der Waals surface area contributed by atoms with Crippen LogP contribution in [0.15, 0.2) is 0 Å². The molecule has 0 aromatic carbocycles. The summed E-state index contributed by atoms with van der Waals surface area (Å²) in [6, 6.07) is 0. The van der Waals surface area contributed by atoms with Crippen LogP contribution in [-0.4, -0.2) is 23.4 Å². The molecule has 2 aliphatic rings. The minimum Gasteiger partial charge on any atom is -0.309 e. The highest BCUT2D eigenvalue weighted by atomic mass is 31.0. The molecule has 1 atom stereocenters. The summed E-state index contributed by atoms with van der Waals surface area (Å²) in [7, 11) is 2.47. The number of likely N-dealkylation sites (tertiary alicyclic amines) is 1. The van der Waals surface area contributed by atoms with Crippen molar-refractivity contribution in [1.29, 1.82) is 10.7 Å². The molecule has 64 valence electrons. The quantitative estimate of drug-likeness (QED) is 0.373. The Balaban J connectivity index is 1.84. The Hall–Kier alpha value is -0.610. The van der Waals surface area contributed by atoms with Crippen molar-refractivity contribution in [2.75, 3.05) is 13.1 Å². The van der Waals surface area contributed by atoms with Crippen molar-refractivity contribution in [3.8, 4) is 6.19 Å². The van der Waals surface area contributed by atoms with Gasteiger partial charge in [-0.05, 0) is 12.8 Å². The number of nitrogens with one attached hydrogen (secondary N) is 1. The van der Waals surface area contributed by atoms with Crippen LogP contribution in [0.1, 0.15) is 12.8 Å². The molecule has 0 amide bonds. The fourth-order valence-electron chi connectivity index (χ4n) is 2.30. The molecule has 0 aromatic heterocycles. The lowest BCUT2D eigenvalue weighted by molar-refractivity contribution is -0.0449. The lowest BCUT2D eigenvalue weighted by atomic mass is 9.58. The molecule has 1 saturated heterocycles. The van der Waals surface area contributed by atoms with E-state index in [2.05, 4.69) is 15.4 Å². The van der Waals surface area contributed by atoms with E-state index >= 15 is 0 Å². The summed E-state index contributed by atoms with van der Waals surface area (Å²) in [5, 5.41) is 15.9. The second kappa shape index (κ2) is 2.44. The molecule has 12 heavy (non-hydrogen) atoms. The predicted octanol–water partition coefficient (Wildman–Crippen LogP) is 1.03. The second-order valence-electron chi connectivity index (χ2n) is 4.02. The van der Waals surface area contributed by atoms with Crippen LogP contribution in [0.4, 0.5) is 0 Å². The van der Waals surface area contributed by atoms with Gasteiger partial charge in [0, 0.05) is 29.9 Å². The molecule has 2 rings (SSSR count). The molecule has 1 aliphatic carbocycles. The summed E-state index contributed by atoms with van der Waals surface area (Å²) in [5.41, 5.74) is 1.15. The predicted molar refractivity (Wildman–Crippen MR) is 49.8 cm³/mol. The molecule has 2 fully saturated rings. The van der Waals surface area contributed by atoms with E-state index in [-0.39, 0.29) is 0 Å². The van der Waals surface area contributed by atoms with Crippen molar-refractivity contribution in [3.05, 3.63) is 0 Å². The Morgan fingerprint density at radius 2 is 2.17 bits per heavy atom. The van der Waals surface area contributed by atoms with E-state index in [0.717, 1.165) is 31.4 Å². The molecule has 1 unspecified atom stereocenters. The van der Waals surface area contributed by atoms with Gasteiger partial charge < -0.3 is 10.3 Å². The van der Waals surface area contributed by atoms with Crippen LogP contribution in [-0.2, 0) is 0 Å². The smallest absolute Gasteiger partial charge is 0.179 e. The maximum atomic E-state index is 8.54. The third-order valence-corrected chi connectivity index (χ3v) is 3.46. The SMILES string of the molecule is N#CN1CC2(CC(C(=N)P)C2)C1. The average molecular weight is 181 g/mol. The molecule has 1 heterocycles. The Morgan fingerprint density at radius 1 is 1.58 bits per heavy atom. The summed E-state index contributed by atoms with van der Waals surface area (Å²) in [5.74, 6) is 0.482. The minimum atomic E-state index is 0.420. The highest BCUT2D eigenvalue weighted by molar-refractivity contribution is 7.40. The van der Waals surface area contributed by atoms with Crippen molar-refractivity contribution in [2.45, 2.75) is 12.8 Å². The van der Waals surface area contributed by atoms with Crippen LogP contribution in [0.25, 0.3) is 0 Å². The lowest BCUT2D eigenvalue weighted by Crippen LogP contribution is -2.61. The van der Waals surface area contributed by atoms with Crippen molar-refractivity contribution in [1.82, 2.24) is 4.90 Å². The van der Waals surface area contributed by atoms with Gasteiger partial charge in [0.15, 0.2) is 6.19 Å². The Kier molecular flexibility index (Phi) is 1.63. The number of hydrogen-bond acceptors (Lipinski definition) is 3. The molecule has 0 radical (unpaired) electrons. The summed E-state index contributed by atoms with van der Waals surface area (Å²) in [6.07, 6.45) is 4.38. The third-order valence-electron chi connectivity index (χ3n) is 2.99. The normalized spacial score (nSPS) is 25.8. The van der Waals surface area contributed by atoms with E-state index in [4.69, 9.17) is 10.7 Å². The number of rotatable bonds is 1. The van der Waals surface area contributed by atoms with E-state index in [9.17, 15) is 0 Å². The van der Waals surface area contributed by atoms with Gasteiger partial charge in [-0.25, -0.2) is 0 Å². The first kappa shape index (κ1) is 8.01. The number of hydrogen-bond donors (Lipinski definition) is 1. The lowest BCUT2D eigenvalue weighted by Gasteiger charge is -2.57. The molecule has 3 nitrogen and oxygen atoms in total. The fraction of sp³-hybridized carbons (Fsp3) is 0.750. The van der Waals surface area contributed by atoms with Gasteiger partial charge in [-0.3, -0.25) is 0 Å². The van der Waals surface area contributed by atoms with Crippen LogP contribution >= 0.6 is 9.24 Å². The van der Waals surface area contributed by atoms with Crippen molar-refractivity contribution in [2.24, 2.45) is 11.3 Å². The molecule has 0 bridgehead atoms. The van der Waals surface area contributed by atoms with Crippen LogP contribution < -0.4 is 0 Å². The Morgan fingerprint density at radius 3 is 2.58 bits per heavy atom. The van der Waals surface area contributed by atoms with Crippen molar-refractivity contribution < 1.29 is 0 Å². The molecular weight excluding hydrogens is 169 g/mol. The van der Waals surface area contributed by atoms with E-state index < -0.39 is 0 Å². The first-order valence-corrected chi connectivity index (χ1v) is 4.72. The van der Waals surface area contributed by atoms with Crippen molar-refractivity contribution >= 4 is 14.7 Å². The van der Waals surface area contributed by atoms with Gasteiger partial charge in [0.05, 0.1) is 0 Å². The summed E-state index contributed by atoms with van der Waals surface area (Å²) in [6.45, 7) is 1.86. The summed E-state index contributed by atoms with van der Waals surface area (Å²) in [4.78, 5) is 1.79. The number of nitrogens with zero attached hydrogens (tertiary/aromatic N) is 2. The van der Waals surface area contributed by atoms with Crippen LogP contribution in [0, 0.1) is 28.2 Å². The Bertz CT molecular complexity index is 254. The zero-order chi connectivity index (χ0) is 8.77. The first-order valence-electron chi connectivity index (χ1n) is 4.14. The zero-order valence-electron chi connectivity index (χ0n) is 6.88. The maximum absolute atomic E-state index is 8.54. The molecule has 1 saturated carbocycles. The van der Waals surface area contributed by atoms with Crippen molar-refractivity contribution in [3.63, 3.8) is 0 Å². The molecule has 4 heteroatoms. The summed E-state index contributed by atoms with van der Waals surface area (Å²) >= 11 is 0. The van der Waals surface area contributed by atoms with E-state index in [1.807, 2.05) is 0 Å². The van der Waals surface area contributed by atoms with Gasteiger partial charge in [-0.15, -0.1) is 0 Å². The van der Waals surface area contributed by atoms with Gasteiger partial charge in [-0.1, -0.05) is 9.24 Å². The second-order valence-corrected chi connectivity index (χ2v) is 4.64. The first-order chi connectivity index (χ1) is 5.65. The Labute approximate surface area is 74.4 Å². The topological polar surface area (TPSA) is 50.9 Å². The molecule has 1 aliphatic heterocycles. The van der Waals surface area contributed by atoms with E-state index in [0.29, 0.717) is 11.3 Å². The highest BCUT2D eigenvalue weighted by Gasteiger charge is 2.52. The molecular formula is C8H12N3P. The van der Waals surface area contributed by atoms with E-state index in [1.54, 1.807) is 4.90 Å². The summed E-state index contributed by atoms with van der Waals surface area (Å²) < 4.78 is 0. The highest BCUT2D eigenvalue weighted by Crippen LogP contribution is 2.52. The third kappa shape index (κ3) is 1.03. The zero-order valence-corrected chi connectivity index (χ0v) is 8.03. The van der Waals surface area contributed by atoms with Gasteiger partial charge in [0.1, 0.15) is 0 Å². The molecule has 1 spiro atoms. The number of nitriles is 1. The van der Waals surface area contributed by atoms with Crippen LogP contribution in [0.5, 0.6) is 0 Å². The van der Waals surface area contributed by atoms with Gasteiger partial charge in [-0.2, -0.15) is 5.26 Å². The van der Waals surface area contributed by atoms with Gasteiger partial charge in [0.25, 0.3) is 0 Å². The van der Waals surface area contributed by atoms with Gasteiger partial charge in [0.2, 0.25) is 0 Å². The average Bonchev–Trinajstić information content (AvgIpc) is 1.81. The largest absolute Gasteiger partial charge is 0.309 e. The van der Waals surface area contributed by atoms with Gasteiger partial charge >= 0.3 is 0 Å². The van der Waals surface area contributed by atoms with Crippen LogP contribution in [0.3, 0.4) is 0 Å². The maximum Gasteiger partial charge on any atom is 0.179 e. The standard InChI is InChI=1S/C8H12N3P/c9-5-11-3-8(4-11)1-6(2-8)7(10)12/h6,10H,1-4,12H2. The van der Waals surface area contributed by atoms with E-state index in [1.165, 1.54) is 0 Å². The fourth-order valence-corrected chi connectivity index (χ4v) is 2.53. The monoisotopic (exact) mass is 181 g/mol. The minimum absolute atomic E-state index is 0.420. The van der Waals surface area contributed by atoms with Crippen LogP contribution in [0.2, 0.25) is 0 Å². The molecule has 1 N–H and O–H groups in total.